The fraction of sp³-hybridized carbons (Fsp3) is 0.600. The molecule has 1 aliphatic rings. The van der Waals surface area contributed by atoms with Gasteiger partial charge in [0.15, 0.2) is 0 Å². The van der Waals surface area contributed by atoms with Crippen LogP contribution in [0.15, 0.2) is 15.8 Å². The number of ether oxygens (including phenoxy) is 1. The van der Waals surface area contributed by atoms with E-state index in [4.69, 9.17) is 15.6 Å². The fourth-order valence-electron chi connectivity index (χ4n) is 1.94. The first-order valence-electron chi connectivity index (χ1n) is 5.55. The average molecular weight is 257 g/mol. The van der Waals surface area contributed by atoms with Crippen LogP contribution >= 0.6 is 0 Å². The summed E-state index contributed by atoms with van der Waals surface area (Å²) in [5.41, 5.74) is 4.47. The maximum absolute atomic E-state index is 11.6. The molecule has 1 unspecified atom stereocenters. The summed E-state index contributed by atoms with van der Waals surface area (Å²) in [6.07, 6.45) is -0.804. The maximum atomic E-state index is 11.6. The minimum Gasteiger partial charge on any atom is -0.394 e. The highest BCUT2D eigenvalue weighted by Gasteiger charge is 2.35. The lowest BCUT2D eigenvalue weighted by molar-refractivity contribution is -0.0459. The molecule has 8 heteroatoms. The molecule has 18 heavy (non-hydrogen) atoms. The van der Waals surface area contributed by atoms with E-state index in [2.05, 4.69) is 4.98 Å². The Hall–Kier alpha value is -1.48. The number of nitrogens with two attached hydrogens (primary N) is 1. The summed E-state index contributed by atoms with van der Waals surface area (Å²) in [6, 6.07) is 0. The Labute approximate surface area is 102 Å². The van der Waals surface area contributed by atoms with E-state index in [-0.39, 0.29) is 25.1 Å². The zero-order chi connectivity index (χ0) is 13.3. The van der Waals surface area contributed by atoms with Crippen LogP contribution in [0.1, 0.15) is 18.2 Å². The number of aliphatic hydroxyl groups excluding tert-OH is 2. The average Bonchev–Trinajstić information content (AvgIpc) is 2.70. The predicted octanol–water partition coefficient (Wildman–Crippen LogP) is -2.36. The van der Waals surface area contributed by atoms with Crippen molar-refractivity contribution in [2.75, 3.05) is 6.61 Å². The van der Waals surface area contributed by atoms with Crippen molar-refractivity contribution in [2.45, 2.75) is 31.4 Å². The number of hydrogen-bond acceptors (Lipinski definition) is 6. The predicted molar refractivity (Wildman–Crippen MR) is 60.8 cm³/mol. The zero-order valence-electron chi connectivity index (χ0n) is 9.57. The Morgan fingerprint density at radius 2 is 2.28 bits per heavy atom. The van der Waals surface area contributed by atoms with Gasteiger partial charge in [-0.05, 0) is 0 Å². The monoisotopic (exact) mass is 257 g/mol. The topological polar surface area (TPSA) is 131 Å². The molecule has 1 aromatic heterocycles. The Balaban J connectivity index is 2.35. The smallest absolute Gasteiger partial charge is 0.330 e. The van der Waals surface area contributed by atoms with Crippen molar-refractivity contribution in [1.82, 2.24) is 9.55 Å². The Kier molecular flexibility index (Phi) is 3.62. The van der Waals surface area contributed by atoms with Crippen LogP contribution in [-0.2, 0) is 11.3 Å². The van der Waals surface area contributed by atoms with Crippen molar-refractivity contribution < 1.29 is 14.9 Å². The van der Waals surface area contributed by atoms with Crippen molar-refractivity contribution in [2.24, 2.45) is 5.73 Å². The molecule has 1 saturated heterocycles. The van der Waals surface area contributed by atoms with Gasteiger partial charge in [0.05, 0.1) is 12.7 Å². The van der Waals surface area contributed by atoms with Crippen LogP contribution in [0.25, 0.3) is 0 Å². The normalized spacial score (nSPS) is 27.6. The largest absolute Gasteiger partial charge is 0.394 e. The lowest BCUT2D eigenvalue weighted by atomic mass is 10.2. The molecule has 1 fully saturated rings. The summed E-state index contributed by atoms with van der Waals surface area (Å²) in [5, 5.41) is 18.6. The number of nitrogens with zero attached hydrogens (tertiary/aromatic N) is 1. The third-order valence-electron chi connectivity index (χ3n) is 2.96. The maximum Gasteiger partial charge on any atom is 0.330 e. The van der Waals surface area contributed by atoms with Gasteiger partial charge in [-0.2, -0.15) is 0 Å². The van der Waals surface area contributed by atoms with Crippen molar-refractivity contribution in [3.05, 3.63) is 32.6 Å². The highest BCUT2D eigenvalue weighted by molar-refractivity contribution is 5.04. The van der Waals surface area contributed by atoms with Gasteiger partial charge >= 0.3 is 5.69 Å². The summed E-state index contributed by atoms with van der Waals surface area (Å²) in [4.78, 5) is 25.1. The van der Waals surface area contributed by atoms with E-state index in [1.165, 1.54) is 10.8 Å². The number of aromatic nitrogens is 2. The summed E-state index contributed by atoms with van der Waals surface area (Å²) < 4.78 is 6.50. The molecule has 0 saturated carbocycles. The number of nitrogens with one attached hydrogen (secondary N) is 1. The van der Waals surface area contributed by atoms with E-state index in [0.717, 1.165) is 0 Å². The van der Waals surface area contributed by atoms with Crippen LogP contribution in [0.4, 0.5) is 0 Å². The highest BCUT2D eigenvalue weighted by atomic mass is 16.5. The molecule has 0 aromatic carbocycles. The van der Waals surface area contributed by atoms with E-state index in [9.17, 15) is 14.7 Å². The molecule has 2 rings (SSSR count). The van der Waals surface area contributed by atoms with Crippen LogP contribution in [0.5, 0.6) is 0 Å². The van der Waals surface area contributed by atoms with Crippen molar-refractivity contribution in [3.8, 4) is 0 Å². The number of aromatic amines is 1. The van der Waals surface area contributed by atoms with Gasteiger partial charge in [0.2, 0.25) is 0 Å². The third kappa shape index (κ3) is 2.23. The molecule has 1 aromatic rings. The summed E-state index contributed by atoms with van der Waals surface area (Å²) >= 11 is 0. The van der Waals surface area contributed by atoms with E-state index in [1.807, 2.05) is 0 Å². The third-order valence-corrected chi connectivity index (χ3v) is 2.96. The number of hydrogen-bond donors (Lipinski definition) is 4. The molecule has 8 nitrogen and oxygen atoms in total. The number of rotatable bonds is 3. The first-order valence-corrected chi connectivity index (χ1v) is 5.55. The second-order valence-electron chi connectivity index (χ2n) is 4.14. The molecule has 0 spiro atoms. The Morgan fingerprint density at radius 3 is 2.83 bits per heavy atom. The van der Waals surface area contributed by atoms with E-state index in [1.54, 1.807) is 0 Å². The molecule has 3 atom stereocenters. The molecular formula is C10H15N3O5. The second kappa shape index (κ2) is 5.02. The SMILES string of the molecule is NCc1cn([C@@H]2CC(O)[C@H](CO)O2)c(=O)[nH]c1=O. The van der Waals surface area contributed by atoms with Crippen LogP contribution in [0.3, 0.4) is 0 Å². The summed E-state index contributed by atoms with van der Waals surface area (Å²) in [7, 11) is 0. The van der Waals surface area contributed by atoms with Gasteiger partial charge in [0.25, 0.3) is 5.56 Å². The van der Waals surface area contributed by atoms with E-state index < -0.39 is 29.7 Å². The standard InChI is InChI=1S/C10H15N3O5/c11-2-5-3-13(10(17)12-9(5)16)8-1-6(15)7(4-14)18-8/h3,6-8,14-15H,1-2,4,11H2,(H,12,16,17)/t6?,7-,8-/m0/s1. The van der Waals surface area contributed by atoms with Gasteiger partial charge in [-0.3, -0.25) is 14.3 Å². The lowest BCUT2D eigenvalue weighted by Crippen LogP contribution is -2.35. The van der Waals surface area contributed by atoms with Gasteiger partial charge in [-0.1, -0.05) is 0 Å². The fourth-order valence-corrected chi connectivity index (χ4v) is 1.94. The lowest BCUT2D eigenvalue weighted by Gasteiger charge is -2.14. The van der Waals surface area contributed by atoms with Crippen LogP contribution in [-0.4, -0.2) is 38.6 Å². The Bertz CT molecular complexity index is 537. The molecule has 1 aliphatic heterocycles. The summed E-state index contributed by atoms with van der Waals surface area (Å²) in [5.74, 6) is 0. The van der Waals surface area contributed by atoms with Crippen molar-refractivity contribution >= 4 is 0 Å². The first-order chi connectivity index (χ1) is 8.56. The van der Waals surface area contributed by atoms with Gasteiger partial charge in [-0.15, -0.1) is 0 Å². The van der Waals surface area contributed by atoms with Crippen molar-refractivity contribution in [1.29, 1.82) is 0 Å². The molecular weight excluding hydrogens is 242 g/mol. The number of H-pyrrole nitrogens is 1. The van der Waals surface area contributed by atoms with Gasteiger partial charge in [-0.25, -0.2) is 4.79 Å². The van der Waals surface area contributed by atoms with Gasteiger partial charge in [0, 0.05) is 24.7 Å². The van der Waals surface area contributed by atoms with Crippen LogP contribution in [0, 0.1) is 0 Å². The molecule has 0 bridgehead atoms. The minimum absolute atomic E-state index is 0.00564. The van der Waals surface area contributed by atoms with E-state index in [0.29, 0.717) is 0 Å². The molecule has 0 aliphatic carbocycles. The van der Waals surface area contributed by atoms with Crippen LogP contribution in [0.2, 0.25) is 0 Å². The summed E-state index contributed by atoms with van der Waals surface area (Å²) in [6.45, 7) is -0.339. The van der Waals surface area contributed by atoms with Crippen molar-refractivity contribution in [3.63, 3.8) is 0 Å². The number of aliphatic hydroxyl groups is 2. The molecule has 0 radical (unpaired) electrons. The Morgan fingerprint density at radius 1 is 1.56 bits per heavy atom. The van der Waals surface area contributed by atoms with E-state index >= 15 is 0 Å². The quantitative estimate of drug-likeness (QED) is 0.479. The zero-order valence-corrected chi connectivity index (χ0v) is 9.57. The van der Waals surface area contributed by atoms with Crippen LogP contribution < -0.4 is 17.0 Å². The molecule has 2 heterocycles. The second-order valence-corrected chi connectivity index (χ2v) is 4.14. The molecule has 0 amide bonds. The first kappa shape index (κ1) is 13.0. The molecule has 100 valence electrons. The van der Waals surface area contributed by atoms with Gasteiger partial charge in [0.1, 0.15) is 12.3 Å². The highest BCUT2D eigenvalue weighted by Crippen LogP contribution is 2.27. The van der Waals surface area contributed by atoms with Gasteiger partial charge < -0.3 is 20.7 Å². The molecule has 5 N–H and O–H groups in total. The minimum atomic E-state index is -0.847.